The minimum absolute atomic E-state index is 0.620. The Labute approximate surface area is 124 Å². The zero-order chi connectivity index (χ0) is 14.7. The fourth-order valence-corrected chi connectivity index (χ4v) is 2.06. The second-order valence-electron chi connectivity index (χ2n) is 4.80. The minimum atomic E-state index is 0.620. The molecule has 0 saturated carbocycles. The van der Waals surface area contributed by atoms with Crippen LogP contribution in [0.1, 0.15) is 11.1 Å². The number of benzene rings is 2. The van der Waals surface area contributed by atoms with Crippen molar-refractivity contribution in [3.05, 3.63) is 65.7 Å². The Hall–Kier alpha value is -2.75. The van der Waals surface area contributed by atoms with Gasteiger partial charge < -0.3 is 5.32 Å². The summed E-state index contributed by atoms with van der Waals surface area (Å²) in [4.78, 5) is 13.2. The maximum atomic E-state index is 4.55. The summed E-state index contributed by atoms with van der Waals surface area (Å²) in [6, 6.07) is 18.1. The molecule has 0 atom stereocenters. The van der Waals surface area contributed by atoms with Crippen molar-refractivity contribution in [2.75, 3.05) is 12.4 Å². The Balaban J connectivity index is 1.87. The lowest BCUT2D eigenvalue weighted by molar-refractivity contribution is 1.42. The van der Waals surface area contributed by atoms with Crippen LogP contribution < -0.4 is 5.32 Å². The Morgan fingerprint density at radius 3 is 2.29 bits per heavy atom. The van der Waals surface area contributed by atoms with E-state index in [1.165, 1.54) is 5.56 Å². The van der Waals surface area contributed by atoms with Crippen LogP contribution in [0.2, 0.25) is 0 Å². The summed E-state index contributed by atoms with van der Waals surface area (Å²) in [5, 5.41) is 3.27. The summed E-state index contributed by atoms with van der Waals surface area (Å²) in [7, 11) is 1.72. The highest BCUT2D eigenvalue weighted by atomic mass is 15.2. The van der Waals surface area contributed by atoms with E-state index in [1.54, 1.807) is 7.05 Å². The molecule has 2 aromatic rings. The smallest absolute Gasteiger partial charge is 0.192 e. The van der Waals surface area contributed by atoms with Crippen molar-refractivity contribution in [3.63, 3.8) is 0 Å². The van der Waals surface area contributed by atoms with Crippen LogP contribution in [0.15, 0.2) is 69.6 Å². The van der Waals surface area contributed by atoms with Gasteiger partial charge in [-0.3, -0.25) is 4.99 Å². The summed E-state index contributed by atoms with van der Waals surface area (Å²) >= 11 is 0. The van der Waals surface area contributed by atoms with Gasteiger partial charge >= 0.3 is 0 Å². The first-order chi connectivity index (χ1) is 10.3. The highest BCUT2D eigenvalue weighted by Crippen LogP contribution is 2.13. The van der Waals surface area contributed by atoms with Crippen LogP contribution in [0.5, 0.6) is 0 Å². The molecule has 1 aliphatic rings. The maximum absolute atomic E-state index is 4.55. The molecule has 0 aromatic heterocycles. The molecule has 0 spiro atoms. The summed E-state index contributed by atoms with van der Waals surface area (Å²) in [6.45, 7) is 2.06. The fourth-order valence-electron chi connectivity index (χ4n) is 2.06. The van der Waals surface area contributed by atoms with Crippen LogP contribution >= 0.6 is 0 Å². The van der Waals surface area contributed by atoms with Gasteiger partial charge in [-0.2, -0.15) is 0 Å². The number of aryl methyl sites for hydroxylation is 1. The van der Waals surface area contributed by atoms with E-state index in [1.807, 2.05) is 42.5 Å². The third-order valence-corrected chi connectivity index (χ3v) is 3.20. The van der Waals surface area contributed by atoms with Crippen LogP contribution in [-0.2, 0) is 0 Å². The van der Waals surface area contributed by atoms with Crippen molar-refractivity contribution >= 4 is 23.2 Å². The van der Waals surface area contributed by atoms with Crippen molar-refractivity contribution in [3.8, 4) is 0 Å². The van der Waals surface area contributed by atoms with Gasteiger partial charge in [0.1, 0.15) is 0 Å². The Morgan fingerprint density at radius 2 is 1.62 bits per heavy atom. The molecule has 0 amide bonds. The number of nitrogens with one attached hydrogen (secondary N) is 1. The molecular weight excluding hydrogens is 260 g/mol. The fraction of sp³-hybridized carbons (Fsp3) is 0.118. The SMILES string of the molecule is CN=C1N=C(c2ccccc2)N=C1Nc1ccc(C)cc1. The molecule has 1 heterocycles. The maximum Gasteiger partial charge on any atom is 0.192 e. The predicted octanol–water partition coefficient (Wildman–Crippen LogP) is 3.29. The van der Waals surface area contributed by atoms with Crippen molar-refractivity contribution in [2.24, 2.45) is 15.0 Å². The first kappa shape index (κ1) is 13.2. The Morgan fingerprint density at radius 1 is 0.905 bits per heavy atom. The van der Waals surface area contributed by atoms with Crippen LogP contribution in [-0.4, -0.2) is 24.6 Å². The average Bonchev–Trinajstić information content (AvgIpc) is 2.93. The number of rotatable bonds is 2. The molecule has 2 aromatic carbocycles. The lowest BCUT2D eigenvalue weighted by Gasteiger charge is -2.05. The van der Waals surface area contributed by atoms with Crippen molar-refractivity contribution in [1.29, 1.82) is 0 Å². The topological polar surface area (TPSA) is 49.1 Å². The molecule has 104 valence electrons. The van der Waals surface area contributed by atoms with E-state index in [0.29, 0.717) is 17.5 Å². The van der Waals surface area contributed by atoms with E-state index < -0.39 is 0 Å². The summed E-state index contributed by atoms with van der Waals surface area (Å²) < 4.78 is 0. The minimum Gasteiger partial charge on any atom is -0.337 e. The third kappa shape index (κ3) is 2.89. The molecule has 4 nitrogen and oxygen atoms in total. The molecule has 1 N–H and O–H groups in total. The molecule has 0 unspecified atom stereocenters. The van der Waals surface area contributed by atoms with Crippen molar-refractivity contribution < 1.29 is 0 Å². The summed E-state index contributed by atoms with van der Waals surface area (Å²) in [6.07, 6.45) is 0. The number of hydrogen-bond acceptors (Lipinski definition) is 3. The van der Waals surface area contributed by atoms with Crippen molar-refractivity contribution in [2.45, 2.75) is 6.92 Å². The van der Waals surface area contributed by atoms with Gasteiger partial charge in [-0.15, -0.1) is 0 Å². The Bertz CT molecular complexity index is 725. The summed E-state index contributed by atoms with van der Waals surface area (Å²) in [5.74, 6) is 1.99. The second kappa shape index (κ2) is 5.71. The molecule has 0 bridgehead atoms. The van der Waals surface area contributed by atoms with Crippen molar-refractivity contribution in [1.82, 2.24) is 0 Å². The highest BCUT2D eigenvalue weighted by Gasteiger charge is 2.18. The predicted molar refractivity (Wildman–Crippen MR) is 88.6 cm³/mol. The van der Waals surface area contributed by atoms with Gasteiger partial charge in [0.05, 0.1) is 0 Å². The van der Waals surface area contributed by atoms with Gasteiger partial charge in [0.2, 0.25) is 0 Å². The standard InChI is InChI=1S/C17H16N4/c1-12-8-10-14(11-9-12)19-17-16(18-2)20-15(21-17)13-6-4-3-5-7-13/h3-11H,1-2H3,(H,18,19,20,21). The molecule has 21 heavy (non-hydrogen) atoms. The molecule has 0 aliphatic carbocycles. The number of hydrogen-bond donors (Lipinski definition) is 1. The highest BCUT2D eigenvalue weighted by molar-refractivity contribution is 6.51. The van der Waals surface area contributed by atoms with Gasteiger partial charge in [0.25, 0.3) is 0 Å². The number of nitrogens with zero attached hydrogens (tertiary/aromatic N) is 3. The molecule has 4 heteroatoms. The lowest BCUT2D eigenvalue weighted by atomic mass is 10.2. The number of anilines is 1. The van der Waals surface area contributed by atoms with Gasteiger partial charge in [-0.1, -0.05) is 48.0 Å². The zero-order valence-electron chi connectivity index (χ0n) is 12.0. The van der Waals surface area contributed by atoms with Gasteiger partial charge in [-0.05, 0) is 19.1 Å². The molecule has 3 rings (SSSR count). The van der Waals surface area contributed by atoms with Gasteiger partial charge in [0.15, 0.2) is 17.5 Å². The van der Waals surface area contributed by atoms with Crippen LogP contribution in [0.4, 0.5) is 5.69 Å². The largest absolute Gasteiger partial charge is 0.337 e. The Kier molecular flexibility index (Phi) is 3.60. The van der Waals surface area contributed by atoms with Gasteiger partial charge in [0, 0.05) is 18.3 Å². The van der Waals surface area contributed by atoms with Crippen LogP contribution in [0.3, 0.4) is 0 Å². The van der Waals surface area contributed by atoms with E-state index in [0.717, 1.165) is 11.3 Å². The molecule has 0 saturated heterocycles. The molecule has 0 radical (unpaired) electrons. The quantitative estimate of drug-likeness (QED) is 0.899. The lowest BCUT2D eigenvalue weighted by Crippen LogP contribution is -2.18. The van der Waals surface area contributed by atoms with E-state index >= 15 is 0 Å². The number of amidine groups is 3. The molecule has 1 aliphatic heterocycles. The van der Waals surface area contributed by atoms with E-state index in [9.17, 15) is 0 Å². The third-order valence-electron chi connectivity index (χ3n) is 3.20. The monoisotopic (exact) mass is 276 g/mol. The first-order valence-corrected chi connectivity index (χ1v) is 6.80. The average molecular weight is 276 g/mol. The first-order valence-electron chi connectivity index (χ1n) is 6.80. The number of aliphatic imine (C=N–C) groups is 3. The molecular formula is C17H16N4. The molecule has 0 fully saturated rings. The van der Waals surface area contributed by atoms with Crippen LogP contribution in [0, 0.1) is 6.92 Å². The second-order valence-corrected chi connectivity index (χ2v) is 4.80. The van der Waals surface area contributed by atoms with E-state index in [2.05, 4.69) is 39.4 Å². The van der Waals surface area contributed by atoms with Crippen LogP contribution in [0.25, 0.3) is 0 Å². The van der Waals surface area contributed by atoms with Gasteiger partial charge in [-0.25, -0.2) is 9.98 Å². The normalized spacial score (nSPS) is 15.8. The zero-order valence-corrected chi connectivity index (χ0v) is 12.0. The summed E-state index contributed by atoms with van der Waals surface area (Å²) in [5.41, 5.74) is 3.18. The van der Waals surface area contributed by atoms with E-state index in [4.69, 9.17) is 0 Å². The van der Waals surface area contributed by atoms with E-state index in [-0.39, 0.29) is 0 Å².